The lowest BCUT2D eigenvalue weighted by atomic mass is 9.75. The summed E-state index contributed by atoms with van der Waals surface area (Å²) >= 11 is 1.81. The van der Waals surface area contributed by atoms with Gasteiger partial charge < -0.3 is 5.32 Å². The van der Waals surface area contributed by atoms with Gasteiger partial charge in [0.2, 0.25) is 0 Å². The van der Waals surface area contributed by atoms with Gasteiger partial charge in [-0.3, -0.25) is 0 Å². The monoisotopic (exact) mass is 208 g/mol. The molecule has 3 heteroatoms. The molecule has 76 valence electrons. The van der Waals surface area contributed by atoms with E-state index in [1.807, 2.05) is 17.5 Å². The van der Waals surface area contributed by atoms with Crippen LogP contribution in [0.5, 0.6) is 0 Å². The van der Waals surface area contributed by atoms with E-state index in [1.165, 1.54) is 43.5 Å². The van der Waals surface area contributed by atoms with Crippen LogP contribution in [0.1, 0.15) is 43.5 Å². The van der Waals surface area contributed by atoms with Gasteiger partial charge in [0, 0.05) is 17.6 Å². The van der Waals surface area contributed by atoms with Crippen molar-refractivity contribution in [1.82, 2.24) is 10.3 Å². The van der Waals surface area contributed by atoms with Gasteiger partial charge in [-0.2, -0.15) is 0 Å². The molecule has 2 saturated carbocycles. The average molecular weight is 208 g/mol. The largest absolute Gasteiger partial charge is 0.303 e. The van der Waals surface area contributed by atoms with Crippen molar-refractivity contribution < 1.29 is 0 Å². The Kier molecular flexibility index (Phi) is 2.10. The second-order valence-electron chi connectivity index (χ2n) is 4.55. The zero-order valence-corrected chi connectivity index (χ0v) is 9.15. The minimum Gasteiger partial charge on any atom is -0.303 e. The fourth-order valence-corrected chi connectivity index (χ4v) is 3.21. The Morgan fingerprint density at radius 2 is 2.21 bits per heavy atom. The molecule has 3 rings (SSSR count). The molecule has 0 unspecified atom stereocenters. The second kappa shape index (κ2) is 3.31. The zero-order valence-electron chi connectivity index (χ0n) is 8.33. The van der Waals surface area contributed by atoms with Crippen LogP contribution in [0, 0.1) is 0 Å². The van der Waals surface area contributed by atoms with Crippen molar-refractivity contribution in [2.45, 2.75) is 50.1 Å². The van der Waals surface area contributed by atoms with Crippen molar-refractivity contribution >= 4 is 11.3 Å². The number of hydrogen-bond donors (Lipinski definition) is 1. The number of nitrogens with one attached hydrogen (secondary N) is 1. The van der Waals surface area contributed by atoms with Crippen LogP contribution in [-0.2, 0) is 5.54 Å². The Labute approximate surface area is 88.7 Å². The van der Waals surface area contributed by atoms with Crippen LogP contribution in [0.15, 0.2) is 11.6 Å². The molecule has 0 aromatic carbocycles. The van der Waals surface area contributed by atoms with Crippen molar-refractivity contribution in [1.29, 1.82) is 0 Å². The highest BCUT2D eigenvalue weighted by Gasteiger charge is 2.42. The van der Waals surface area contributed by atoms with Crippen molar-refractivity contribution in [2.24, 2.45) is 0 Å². The lowest BCUT2D eigenvalue weighted by molar-refractivity contribution is 0.134. The Bertz CT molecular complexity index is 299. The summed E-state index contributed by atoms with van der Waals surface area (Å²) in [6.07, 6.45) is 10.0. The third-order valence-corrected chi connectivity index (χ3v) is 4.61. The molecular formula is C11H16N2S. The fourth-order valence-electron chi connectivity index (χ4n) is 2.35. The van der Waals surface area contributed by atoms with Gasteiger partial charge in [0.25, 0.3) is 0 Å². The molecule has 0 spiro atoms. The smallest absolute Gasteiger partial charge is 0.113 e. The Balaban J connectivity index is 1.76. The molecule has 14 heavy (non-hydrogen) atoms. The summed E-state index contributed by atoms with van der Waals surface area (Å²) in [5, 5.41) is 7.23. The molecule has 1 heterocycles. The summed E-state index contributed by atoms with van der Waals surface area (Å²) in [7, 11) is 0. The van der Waals surface area contributed by atoms with Gasteiger partial charge in [0.1, 0.15) is 5.01 Å². The summed E-state index contributed by atoms with van der Waals surface area (Å²) in [5.74, 6) is 0. The summed E-state index contributed by atoms with van der Waals surface area (Å²) < 4.78 is 0. The molecule has 1 N–H and O–H groups in total. The Morgan fingerprint density at radius 3 is 2.64 bits per heavy atom. The molecule has 0 aliphatic heterocycles. The summed E-state index contributed by atoms with van der Waals surface area (Å²) in [6, 6.07) is 0.777. The first-order valence-corrected chi connectivity index (χ1v) is 6.45. The third-order valence-electron chi connectivity index (χ3n) is 3.63. The van der Waals surface area contributed by atoms with E-state index in [0.717, 1.165) is 6.04 Å². The fraction of sp³-hybridized carbons (Fsp3) is 0.727. The highest BCUT2D eigenvalue weighted by Crippen LogP contribution is 2.43. The van der Waals surface area contributed by atoms with E-state index >= 15 is 0 Å². The Morgan fingerprint density at radius 1 is 1.36 bits per heavy atom. The minimum atomic E-state index is 0.277. The van der Waals surface area contributed by atoms with E-state index < -0.39 is 0 Å². The van der Waals surface area contributed by atoms with E-state index in [2.05, 4.69) is 15.7 Å². The first-order chi connectivity index (χ1) is 6.89. The van der Waals surface area contributed by atoms with E-state index in [0.29, 0.717) is 0 Å². The minimum absolute atomic E-state index is 0.277. The van der Waals surface area contributed by atoms with Gasteiger partial charge >= 0.3 is 0 Å². The van der Waals surface area contributed by atoms with Crippen molar-refractivity contribution in [3.05, 3.63) is 16.6 Å². The van der Waals surface area contributed by atoms with Crippen LogP contribution in [-0.4, -0.2) is 11.0 Å². The number of thiazole rings is 1. The van der Waals surface area contributed by atoms with Gasteiger partial charge in [-0.1, -0.05) is 6.42 Å². The molecule has 2 aliphatic carbocycles. The zero-order chi connectivity index (χ0) is 9.43. The average Bonchev–Trinajstić information content (AvgIpc) is 2.52. The van der Waals surface area contributed by atoms with Crippen molar-refractivity contribution in [2.75, 3.05) is 0 Å². The second-order valence-corrected chi connectivity index (χ2v) is 5.44. The molecule has 1 aromatic heterocycles. The standard InChI is InChI=1S/C11H16N2S/c1-3-9(4-1)13-11(5-2-6-11)10-12-7-8-14-10/h7-9,13H,1-6H2. The van der Waals surface area contributed by atoms with Gasteiger partial charge in [0.05, 0.1) is 5.54 Å². The molecule has 0 atom stereocenters. The van der Waals surface area contributed by atoms with Crippen LogP contribution < -0.4 is 5.32 Å². The number of aromatic nitrogens is 1. The van der Waals surface area contributed by atoms with Gasteiger partial charge in [0.15, 0.2) is 0 Å². The first kappa shape index (κ1) is 8.86. The van der Waals surface area contributed by atoms with Gasteiger partial charge in [-0.25, -0.2) is 4.98 Å². The number of rotatable bonds is 3. The van der Waals surface area contributed by atoms with Crippen LogP contribution in [0.25, 0.3) is 0 Å². The SMILES string of the molecule is c1csc(C2(NC3CCC3)CCC2)n1. The normalized spacial score (nSPS) is 25.4. The molecule has 2 nitrogen and oxygen atoms in total. The molecule has 0 radical (unpaired) electrons. The number of hydrogen-bond acceptors (Lipinski definition) is 3. The summed E-state index contributed by atoms with van der Waals surface area (Å²) in [5.41, 5.74) is 0.277. The third kappa shape index (κ3) is 1.30. The molecule has 0 amide bonds. The maximum absolute atomic E-state index is 4.48. The Hall–Kier alpha value is -0.410. The maximum atomic E-state index is 4.48. The van der Waals surface area contributed by atoms with E-state index in [4.69, 9.17) is 0 Å². The van der Waals surface area contributed by atoms with Crippen LogP contribution in [0.3, 0.4) is 0 Å². The molecule has 1 aromatic rings. The number of nitrogens with zero attached hydrogens (tertiary/aromatic N) is 1. The van der Waals surface area contributed by atoms with Crippen LogP contribution >= 0.6 is 11.3 Å². The molecule has 0 saturated heterocycles. The van der Waals surface area contributed by atoms with E-state index in [9.17, 15) is 0 Å². The summed E-state index contributed by atoms with van der Waals surface area (Å²) in [6.45, 7) is 0. The van der Waals surface area contributed by atoms with Gasteiger partial charge in [-0.15, -0.1) is 11.3 Å². The first-order valence-electron chi connectivity index (χ1n) is 5.57. The van der Waals surface area contributed by atoms with Crippen molar-refractivity contribution in [3.63, 3.8) is 0 Å². The van der Waals surface area contributed by atoms with Crippen molar-refractivity contribution in [3.8, 4) is 0 Å². The lowest BCUT2D eigenvalue weighted by Gasteiger charge is -2.45. The van der Waals surface area contributed by atoms with E-state index in [-0.39, 0.29) is 5.54 Å². The van der Waals surface area contributed by atoms with E-state index in [1.54, 1.807) is 0 Å². The predicted octanol–water partition coefficient (Wildman–Crippen LogP) is 2.66. The van der Waals surface area contributed by atoms with Crippen LogP contribution in [0.4, 0.5) is 0 Å². The lowest BCUT2D eigenvalue weighted by Crippen LogP contribution is -2.54. The van der Waals surface area contributed by atoms with Crippen LogP contribution in [0.2, 0.25) is 0 Å². The topological polar surface area (TPSA) is 24.9 Å². The molecule has 2 aliphatic rings. The molecule has 0 bridgehead atoms. The van der Waals surface area contributed by atoms with Gasteiger partial charge in [-0.05, 0) is 32.1 Å². The predicted molar refractivity (Wildman–Crippen MR) is 58.4 cm³/mol. The highest BCUT2D eigenvalue weighted by atomic mass is 32.1. The summed E-state index contributed by atoms with van der Waals surface area (Å²) in [4.78, 5) is 4.48. The molecule has 2 fully saturated rings. The highest BCUT2D eigenvalue weighted by molar-refractivity contribution is 7.09. The maximum Gasteiger partial charge on any atom is 0.113 e. The quantitative estimate of drug-likeness (QED) is 0.826. The molecular weight excluding hydrogens is 192 g/mol.